The summed E-state index contributed by atoms with van der Waals surface area (Å²) >= 11 is 1.14. The molecular weight excluding hydrogens is 375 g/mol. The van der Waals surface area contributed by atoms with E-state index in [0.29, 0.717) is 31.7 Å². The number of carboxylic acids is 1. The molecule has 0 spiro atoms. The van der Waals surface area contributed by atoms with Crippen molar-refractivity contribution in [3.63, 3.8) is 0 Å². The van der Waals surface area contributed by atoms with Gasteiger partial charge in [-0.25, -0.2) is 4.39 Å². The first kappa shape index (κ1) is 21.2. The highest BCUT2D eigenvalue weighted by molar-refractivity contribution is 8.01. The van der Waals surface area contributed by atoms with E-state index < -0.39 is 22.5 Å². The van der Waals surface area contributed by atoms with Crippen LogP contribution in [0.1, 0.15) is 19.8 Å². The van der Waals surface area contributed by atoms with Gasteiger partial charge in [0, 0.05) is 25.4 Å². The highest BCUT2D eigenvalue weighted by Crippen LogP contribution is 2.30. The van der Waals surface area contributed by atoms with Crippen LogP contribution in [0.4, 0.5) is 10.1 Å². The summed E-state index contributed by atoms with van der Waals surface area (Å²) in [5.41, 5.74) is -0.528. The second kappa shape index (κ2) is 9.70. The van der Waals surface area contributed by atoms with Crippen LogP contribution in [-0.2, 0) is 19.1 Å². The first-order chi connectivity index (χ1) is 12.8. The molecule has 0 bridgehead atoms. The first-order valence-electron chi connectivity index (χ1n) is 8.58. The summed E-state index contributed by atoms with van der Waals surface area (Å²) in [5.74, 6) is -1.91. The summed E-state index contributed by atoms with van der Waals surface area (Å²) in [7, 11) is 0. The molecule has 0 radical (unpaired) electrons. The zero-order chi connectivity index (χ0) is 19.9. The Morgan fingerprint density at radius 3 is 2.48 bits per heavy atom. The number of rotatable bonds is 8. The minimum absolute atomic E-state index is 0.0389. The Kier molecular flexibility index (Phi) is 7.61. The number of anilines is 1. The van der Waals surface area contributed by atoms with Gasteiger partial charge in [0.1, 0.15) is 5.82 Å². The van der Waals surface area contributed by atoms with Crippen LogP contribution in [0.15, 0.2) is 24.3 Å². The number of carbonyl (C=O) groups is 3. The molecule has 1 aliphatic heterocycles. The van der Waals surface area contributed by atoms with E-state index in [9.17, 15) is 23.9 Å². The molecule has 27 heavy (non-hydrogen) atoms. The number of hydrogen-bond acceptors (Lipinski definition) is 5. The largest absolute Gasteiger partial charge is 0.481 e. The Hall–Kier alpha value is -2.13. The number of nitrogens with one attached hydrogen (secondary N) is 2. The van der Waals surface area contributed by atoms with E-state index in [1.54, 1.807) is 6.92 Å². The number of ether oxygens (including phenoxy) is 1. The number of halogens is 1. The summed E-state index contributed by atoms with van der Waals surface area (Å²) in [5, 5.41) is 14.3. The quantitative estimate of drug-likeness (QED) is 0.618. The van der Waals surface area contributed by atoms with E-state index in [4.69, 9.17) is 4.74 Å². The van der Waals surface area contributed by atoms with Crippen LogP contribution in [0.3, 0.4) is 0 Å². The third-order valence-electron chi connectivity index (χ3n) is 4.47. The van der Waals surface area contributed by atoms with Gasteiger partial charge in [-0.2, -0.15) is 0 Å². The van der Waals surface area contributed by atoms with Gasteiger partial charge >= 0.3 is 5.97 Å². The van der Waals surface area contributed by atoms with Crippen LogP contribution in [0, 0.1) is 11.2 Å². The molecular formula is C18H23FN2O5S. The molecule has 7 nitrogen and oxygen atoms in total. The molecule has 1 heterocycles. The Morgan fingerprint density at radius 2 is 1.89 bits per heavy atom. The Morgan fingerprint density at radius 1 is 1.26 bits per heavy atom. The van der Waals surface area contributed by atoms with Crippen molar-refractivity contribution >= 4 is 35.2 Å². The first-order valence-corrected chi connectivity index (χ1v) is 9.63. The molecule has 1 atom stereocenters. The van der Waals surface area contributed by atoms with Crippen LogP contribution in [0.25, 0.3) is 0 Å². The van der Waals surface area contributed by atoms with Gasteiger partial charge in [-0.15, -0.1) is 11.8 Å². The van der Waals surface area contributed by atoms with Crippen molar-refractivity contribution in [1.82, 2.24) is 5.32 Å². The lowest BCUT2D eigenvalue weighted by molar-refractivity contribution is -0.154. The number of carboxylic acid groups (broad SMARTS) is 1. The normalized spacial score (nSPS) is 17.0. The van der Waals surface area contributed by atoms with Crippen molar-refractivity contribution in [2.24, 2.45) is 5.41 Å². The number of benzene rings is 1. The van der Waals surface area contributed by atoms with Gasteiger partial charge in [0.25, 0.3) is 0 Å². The van der Waals surface area contributed by atoms with Gasteiger partial charge in [0.15, 0.2) is 0 Å². The standard InChI is InChI=1S/C18H23FN2O5S/c1-12(27-10-15(22)21-14-4-2-13(19)3-5-14)16(23)20-11-18(17(24)25)6-8-26-9-7-18/h2-5,12H,6-11H2,1H3,(H,20,23)(H,21,22)(H,24,25). The highest BCUT2D eigenvalue weighted by atomic mass is 32.2. The third kappa shape index (κ3) is 6.21. The van der Waals surface area contributed by atoms with Crippen LogP contribution < -0.4 is 10.6 Å². The van der Waals surface area contributed by atoms with E-state index in [2.05, 4.69) is 10.6 Å². The molecule has 0 aromatic heterocycles. The maximum Gasteiger partial charge on any atom is 0.311 e. The smallest absolute Gasteiger partial charge is 0.311 e. The average molecular weight is 398 g/mol. The summed E-state index contributed by atoms with van der Waals surface area (Å²) in [6.45, 7) is 2.41. The molecule has 1 aliphatic rings. The van der Waals surface area contributed by atoms with Gasteiger partial charge < -0.3 is 20.5 Å². The van der Waals surface area contributed by atoms with Gasteiger partial charge in [0.2, 0.25) is 11.8 Å². The molecule has 1 saturated heterocycles. The predicted octanol–water partition coefficient (Wildman–Crippen LogP) is 1.88. The Bertz CT molecular complexity index is 677. The van der Waals surface area contributed by atoms with E-state index in [0.717, 1.165) is 11.8 Å². The van der Waals surface area contributed by atoms with Crippen molar-refractivity contribution < 1.29 is 28.6 Å². The fraction of sp³-hybridized carbons (Fsp3) is 0.500. The predicted molar refractivity (Wildman–Crippen MR) is 100 cm³/mol. The molecule has 2 amide bonds. The zero-order valence-electron chi connectivity index (χ0n) is 15.0. The second-order valence-electron chi connectivity index (χ2n) is 6.42. The monoisotopic (exact) mass is 398 g/mol. The van der Waals surface area contributed by atoms with Gasteiger partial charge in [-0.3, -0.25) is 14.4 Å². The average Bonchev–Trinajstić information content (AvgIpc) is 2.66. The fourth-order valence-corrected chi connectivity index (χ4v) is 3.34. The van der Waals surface area contributed by atoms with Crippen molar-refractivity contribution in [1.29, 1.82) is 0 Å². The zero-order valence-corrected chi connectivity index (χ0v) is 15.8. The molecule has 1 aromatic rings. The van der Waals surface area contributed by atoms with Crippen molar-refractivity contribution in [2.75, 3.05) is 30.8 Å². The van der Waals surface area contributed by atoms with E-state index in [1.165, 1.54) is 24.3 Å². The maximum atomic E-state index is 12.8. The molecule has 1 fully saturated rings. The number of thioether (sulfide) groups is 1. The number of aliphatic carboxylic acids is 1. The van der Waals surface area contributed by atoms with Crippen LogP contribution in [0.5, 0.6) is 0 Å². The molecule has 0 saturated carbocycles. The fourth-order valence-electron chi connectivity index (χ4n) is 2.64. The van der Waals surface area contributed by atoms with Crippen LogP contribution in [0.2, 0.25) is 0 Å². The lowest BCUT2D eigenvalue weighted by Crippen LogP contribution is -2.48. The summed E-state index contributed by atoms with van der Waals surface area (Å²) in [6.07, 6.45) is 0.703. The minimum atomic E-state index is -1.00. The second-order valence-corrected chi connectivity index (χ2v) is 7.75. The van der Waals surface area contributed by atoms with Crippen molar-refractivity contribution in [2.45, 2.75) is 25.0 Å². The molecule has 0 aliphatic carbocycles. The summed E-state index contributed by atoms with van der Waals surface area (Å²) in [4.78, 5) is 35.7. The van der Waals surface area contributed by atoms with E-state index in [1.807, 2.05) is 0 Å². The minimum Gasteiger partial charge on any atom is -0.481 e. The van der Waals surface area contributed by atoms with Crippen LogP contribution >= 0.6 is 11.8 Å². The molecule has 2 rings (SSSR count). The van der Waals surface area contributed by atoms with E-state index >= 15 is 0 Å². The topological polar surface area (TPSA) is 105 Å². The number of carbonyl (C=O) groups excluding carboxylic acids is 2. The van der Waals surface area contributed by atoms with Crippen molar-refractivity contribution in [3.05, 3.63) is 30.1 Å². The SMILES string of the molecule is CC(SCC(=O)Nc1ccc(F)cc1)C(=O)NCC1(C(=O)O)CCOCC1. The lowest BCUT2D eigenvalue weighted by atomic mass is 9.80. The van der Waals surface area contributed by atoms with Crippen LogP contribution in [-0.4, -0.2) is 53.7 Å². The molecule has 9 heteroatoms. The van der Waals surface area contributed by atoms with Gasteiger partial charge in [-0.1, -0.05) is 0 Å². The Labute approximate surface area is 161 Å². The van der Waals surface area contributed by atoms with Gasteiger partial charge in [-0.05, 0) is 44.0 Å². The third-order valence-corrected chi connectivity index (χ3v) is 5.61. The molecule has 1 aromatic carbocycles. The molecule has 3 N–H and O–H groups in total. The van der Waals surface area contributed by atoms with E-state index in [-0.39, 0.29) is 24.1 Å². The summed E-state index contributed by atoms with van der Waals surface area (Å²) < 4.78 is 18.1. The Balaban J connectivity index is 1.76. The van der Waals surface area contributed by atoms with Crippen molar-refractivity contribution in [3.8, 4) is 0 Å². The van der Waals surface area contributed by atoms with Gasteiger partial charge in [0.05, 0.1) is 16.4 Å². The molecule has 148 valence electrons. The number of amides is 2. The lowest BCUT2D eigenvalue weighted by Gasteiger charge is -2.33. The summed E-state index contributed by atoms with van der Waals surface area (Å²) in [6, 6.07) is 5.39. The maximum absolute atomic E-state index is 12.8. The highest BCUT2D eigenvalue weighted by Gasteiger charge is 2.40. The molecule has 1 unspecified atom stereocenters. The number of hydrogen-bond donors (Lipinski definition) is 3.